The number of aliphatic imine (C=N–C) groups is 1. The maximum absolute atomic E-state index is 5.83. The third-order valence-electron chi connectivity index (χ3n) is 4.09. The van der Waals surface area contributed by atoms with Gasteiger partial charge in [0.25, 0.3) is 0 Å². The maximum atomic E-state index is 5.83. The number of hydrogen-bond acceptors (Lipinski definition) is 4. The van der Waals surface area contributed by atoms with Crippen LogP contribution in [0.4, 0.5) is 0 Å². The van der Waals surface area contributed by atoms with Crippen molar-refractivity contribution in [1.29, 1.82) is 0 Å². The predicted octanol–water partition coefficient (Wildman–Crippen LogP) is 4.20. The topological polar surface area (TPSA) is 67.8 Å². The van der Waals surface area contributed by atoms with Crippen molar-refractivity contribution >= 4 is 41.5 Å². The first-order valence-corrected chi connectivity index (χ1v) is 10.4. The van der Waals surface area contributed by atoms with E-state index in [-0.39, 0.29) is 24.0 Å². The highest BCUT2D eigenvalue weighted by Gasteiger charge is 2.01. The Morgan fingerprint density at radius 3 is 2.57 bits per heavy atom. The summed E-state index contributed by atoms with van der Waals surface area (Å²) in [6, 6.07) is 12.1. The number of ether oxygens (including phenoxy) is 2. The molecule has 0 aliphatic rings. The molecule has 30 heavy (non-hydrogen) atoms. The number of rotatable bonds is 12. The fraction of sp³-hybridized carbons (Fsp3) is 0.455. The molecule has 0 saturated heterocycles. The van der Waals surface area contributed by atoms with Gasteiger partial charge in [-0.15, -0.1) is 24.0 Å². The fourth-order valence-electron chi connectivity index (χ4n) is 2.66. The molecule has 0 aliphatic heterocycles. The van der Waals surface area contributed by atoms with Gasteiger partial charge in [-0.3, -0.25) is 0 Å². The zero-order valence-corrected chi connectivity index (χ0v) is 20.8. The minimum Gasteiger partial charge on any atom is -0.379 e. The molecule has 1 aromatic carbocycles. The second-order valence-electron chi connectivity index (χ2n) is 6.43. The van der Waals surface area contributed by atoms with Gasteiger partial charge in [-0.25, -0.2) is 9.98 Å². The lowest BCUT2D eigenvalue weighted by Crippen LogP contribution is -2.38. The fourth-order valence-corrected chi connectivity index (χ4v) is 2.77. The molecule has 0 saturated carbocycles. The zero-order valence-electron chi connectivity index (χ0n) is 17.7. The third-order valence-corrected chi connectivity index (χ3v) is 4.32. The second kappa shape index (κ2) is 16.3. The molecule has 0 spiro atoms. The number of halogens is 2. The van der Waals surface area contributed by atoms with Crippen molar-refractivity contribution < 1.29 is 9.47 Å². The van der Waals surface area contributed by atoms with E-state index in [1.165, 1.54) is 0 Å². The Kier molecular flexibility index (Phi) is 14.5. The van der Waals surface area contributed by atoms with E-state index in [9.17, 15) is 0 Å². The molecule has 8 heteroatoms. The Hall–Kier alpha value is -1.42. The highest BCUT2D eigenvalue weighted by atomic mass is 127. The molecule has 0 unspecified atom stereocenters. The highest BCUT2D eigenvalue weighted by molar-refractivity contribution is 14.0. The van der Waals surface area contributed by atoms with E-state index < -0.39 is 0 Å². The molecule has 1 heterocycles. The van der Waals surface area contributed by atoms with Crippen LogP contribution in [0.2, 0.25) is 5.15 Å². The van der Waals surface area contributed by atoms with Crippen LogP contribution in [-0.2, 0) is 29.0 Å². The van der Waals surface area contributed by atoms with E-state index in [1.54, 1.807) is 6.20 Å². The van der Waals surface area contributed by atoms with Crippen molar-refractivity contribution in [3.8, 4) is 0 Å². The van der Waals surface area contributed by atoms with Crippen LogP contribution >= 0.6 is 35.6 Å². The van der Waals surface area contributed by atoms with Gasteiger partial charge in [0.2, 0.25) is 0 Å². The molecular formula is C22H32ClIN4O2. The van der Waals surface area contributed by atoms with Crippen molar-refractivity contribution in [2.75, 3.05) is 32.9 Å². The Balaban J connectivity index is 0.00000450. The number of nitrogens with zero attached hydrogens (tertiary/aromatic N) is 2. The third kappa shape index (κ3) is 11.1. The van der Waals surface area contributed by atoms with E-state index in [2.05, 4.69) is 45.7 Å². The summed E-state index contributed by atoms with van der Waals surface area (Å²) in [5.41, 5.74) is 3.42. The van der Waals surface area contributed by atoms with Crippen LogP contribution in [0.1, 0.15) is 30.5 Å². The van der Waals surface area contributed by atoms with Gasteiger partial charge < -0.3 is 20.1 Å². The Labute approximate surface area is 201 Å². The quantitative estimate of drug-likeness (QED) is 0.137. The Morgan fingerprint density at radius 2 is 1.83 bits per heavy atom. The number of benzene rings is 1. The molecule has 2 rings (SSSR count). The molecule has 0 amide bonds. The molecular weight excluding hydrogens is 515 g/mol. The molecule has 0 bridgehead atoms. The van der Waals surface area contributed by atoms with E-state index >= 15 is 0 Å². The lowest BCUT2D eigenvalue weighted by atomic mass is 10.1. The largest absolute Gasteiger partial charge is 0.379 e. The molecule has 2 N–H and O–H groups in total. The maximum Gasteiger partial charge on any atom is 0.191 e. The first kappa shape index (κ1) is 26.6. The van der Waals surface area contributed by atoms with Crippen LogP contribution in [0.25, 0.3) is 0 Å². The van der Waals surface area contributed by atoms with Crippen LogP contribution in [0.3, 0.4) is 0 Å². The highest BCUT2D eigenvalue weighted by Crippen LogP contribution is 2.08. The first-order valence-electron chi connectivity index (χ1n) is 10.1. The monoisotopic (exact) mass is 546 g/mol. The molecule has 0 atom stereocenters. The smallest absolute Gasteiger partial charge is 0.191 e. The number of hydrogen-bond donors (Lipinski definition) is 2. The summed E-state index contributed by atoms with van der Waals surface area (Å²) in [5.74, 6) is 0.799. The Bertz CT molecular complexity index is 744. The summed E-state index contributed by atoms with van der Waals surface area (Å²) < 4.78 is 10.9. The van der Waals surface area contributed by atoms with Crippen molar-refractivity contribution in [1.82, 2.24) is 15.6 Å². The minimum absolute atomic E-state index is 0. The van der Waals surface area contributed by atoms with Crippen molar-refractivity contribution in [3.63, 3.8) is 0 Å². The molecule has 1 aromatic heterocycles. The lowest BCUT2D eigenvalue weighted by molar-refractivity contribution is 0.0453. The first-order chi connectivity index (χ1) is 14.2. The summed E-state index contributed by atoms with van der Waals surface area (Å²) in [7, 11) is 0. The van der Waals surface area contributed by atoms with Gasteiger partial charge in [0.05, 0.1) is 26.4 Å². The van der Waals surface area contributed by atoms with Gasteiger partial charge in [-0.05, 0) is 43.0 Å². The molecule has 6 nitrogen and oxygen atoms in total. The van der Waals surface area contributed by atoms with Gasteiger partial charge in [-0.1, -0.05) is 41.9 Å². The molecule has 166 valence electrons. The summed E-state index contributed by atoms with van der Waals surface area (Å²) >= 11 is 5.83. The number of guanidine groups is 1. The van der Waals surface area contributed by atoms with Gasteiger partial charge in [-0.2, -0.15) is 0 Å². The summed E-state index contributed by atoms with van der Waals surface area (Å²) in [6.45, 7) is 8.75. The van der Waals surface area contributed by atoms with Crippen LogP contribution in [-0.4, -0.2) is 43.9 Å². The van der Waals surface area contributed by atoms with Gasteiger partial charge in [0.15, 0.2) is 5.96 Å². The van der Waals surface area contributed by atoms with E-state index in [0.717, 1.165) is 48.8 Å². The average Bonchev–Trinajstić information content (AvgIpc) is 2.73. The van der Waals surface area contributed by atoms with Crippen LogP contribution in [0.5, 0.6) is 0 Å². The average molecular weight is 547 g/mol. The van der Waals surface area contributed by atoms with Crippen molar-refractivity contribution in [2.24, 2.45) is 4.99 Å². The van der Waals surface area contributed by atoms with E-state index in [1.807, 2.05) is 25.1 Å². The van der Waals surface area contributed by atoms with E-state index in [4.69, 9.17) is 21.1 Å². The van der Waals surface area contributed by atoms with Crippen molar-refractivity contribution in [2.45, 2.75) is 33.4 Å². The minimum atomic E-state index is 0. The summed E-state index contributed by atoms with van der Waals surface area (Å²) in [5, 5.41) is 7.15. The number of nitrogens with one attached hydrogen (secondary N) is 2. The summed E-state index contributed by atoms with van der Waals surface area (Å²) in [4.78, 5) is 8.80. The van der Waals surface area contributed by atoms with E-state index in [0.29, 0.717) is 31.5 Å². The van der Waals surface area contributed by atoms with Crippen LogP contribution in [0, 0.1) is 0 Å². The van der Waals surface area contributed by atoms with Gasteiger partial charge in [0.1, 0.15) is 5.15 Å². The second-order valence-corrected chi connectivity index (χ2v) is 6.82. The molecule has 0 aliphatic carbocycles. The van der Waals surface area contributed by atoms with Crippen LogP contribution in [0.15, 0.2) is 47.6 Å². The van der Waals surface area contributed by atoms with Gasteiger partial charge in [0, 0.05) is 25.9 Å². The zero-order chi connectivity index (χ0) is 20.7. The number of aromatic nitrogens is 1. The summed E-state index contributed by atoms with van der Waals surface area (Å²) in [6.07, 6.45) is 2.65. The Morgan fingerprint density at radius 1 is 1.03 bits per heavy atom. The molecule has 0 fully saturated rings. The lowest BCUT2D eigenvalue weighted by Gasteiger charge is -2.11. The molecule has 0 radical (unpaired) electrons. The normalized spacial score (nSPS) is 11.1. The standard InChI is InChI=1S/C22H31ClN4O2.HI/c1-3-24-22(25-11-10-18-8-9-21(23)26-15-18)27-16-19-6-5-7-20(14-19)17-29-13-12-28-4-2;/h5-9,14-15H,3-4,10-13,16-17H2,1-2H3,(H2,24,25,27);1H. The SMILES string of the molecule is CCNC(=NCc1cccc(COCCOCC)c1)NCCc1ccc(Cl)nc1.I. The number of pyridine rings is 1. The molecule has 2 aromatic rings. The van der Waals surface area contributed by atoms with Crippen molar-refractivity contribution in [3.05, 3.63) is 64.4 Å². The van der Waals surface area contributed by atoms with Crippen LogP contribution < -0.4 is 10.6 Å². The van der Waals surface area contributed by atoms with Gasteiger partial charge >= 0.3 is 0 Å². The predicted molar refractivity (Wildman–Crippen MR) is 134 cm³/mol.